The molecule has 2 nitrogen and oxygen atoms in total. The van der Waals surface area contributed by atoms with Crippen LogP contribution in [0.3, 0.4) is 0 Å². The van der Waals surface area contributed by atoms with Crippen LogP contribution < -0.4 is 10.4 Å². The van der Waals surface area contributed by atoms with Gasteiger partial charge in [0.05, 0.1) is 0 Å². The molecule has 0 fully saturated rings. The van der Waals surface area contributed by atoms with Gasteiger partial charge in [-0.15, -0.1) is 6.10 Å². The van der Waals surface area contributed by atoms with E-state index in [9.17, 15) is 5.11 Å². The molecule has 0 bridgehead atoms. The third-order valence-corrected chi connectivity index (χ3v) is 1.16. The van der Waals surface area contributed by atoms with E-state index in [1.807, 2.05) is 6.92 Å². The topological polar surface area (TPSA) is 35.1 Å². The Balaban J connectivity index is 3.14. The van der Waals surface area contributed by atoms with Crippen molar-refractivity contribution in [1.82, 2.24) is 5.32 Å². The van der Waals surface area contributed by atoms with Crippen molar-refractivity contribution < 1.29 is 5.11 Å². The van der Waals surface area contributed by atoms with E-state index in [1.165, 1.54) is 0 Å². The van der Waals surface area contributed by atoms with Crippen molar-refractivity contribution in [2.24, 2.45) is 0 Å². The van der Waals surface area contributed by atoms with Gasteiger partial charge in [-0.3, -0.25) is 0 Å². The Morgan fingerprint density at radius 2 is 1.86 bits per heavy atom. The van der Waals surface area contributed by atoms with Crippen molar-refractivity contribution in [2.45, 2.75) is 26.0 Å². The molecule has 2 heteroatoms. The van der Waals surface area contributed by atoms with E-state index in [4.69, 9.17) is 0 Å². The predicted octanol–water partition coefficient (Wildman–Crippen LogP) is -0.657. The van der Waals surface area contributed by atoms with Gasteiger partial charge < -0.3 is 10.4 Å². The van der Waals surface area contributed by atoms with Gasteiger partial charge in [0, 0.05) is 0 Å². The SMILES string of the molecule is CNC(C)C(C)[O-]. The number of nitrogens with one attached hydrogen (secondary N) is 1. The lowest BCUT2D eigenvalue weighted by molar-refractivity contribution is -0.419. The van der Waals surface area contributed by atoms with E-state index < -0.39 is 6.10 Å². The van der Waals surface area contributed by atoms with Crippen molar-refractivity contribution in [3.8, 4) is 0 Å². The minimum absolute atomic E-state index is 0.0972. The summed E-state index contributed by atoms with van der Waals surface area (Å²) in [6.45, 7) is 3.53. The van der Waals surface area contributed by atoms with Gasteiger partial charge in [0.15, 0.2) is 0 Å². The molecule has 44 valence electrons. The Bertz CT molecular complexity index is 45.3. The van der Waals surface area contributed by atoms with Crippen molar-refractivity contribution in [3.63, 3.8) is 0 Å². The van der Waals surface area contributed by atoms with Gasteiger partial charge >= 0.3 is 0 Å². The highest BCUT2D eigenvalue weighted by molar-refractivity contribution is 4.60. The lowest BCUT2D eigenvalue weighted by Crippen LogP contribution is -2.41. The van der Waals surface area contributed by atoms with E-state index in [0.29, 0.717) is 0 Å². The zero-order chi connectivity index (χ0) is 5.86. The van der Waals surface area contributed by atoms with Crippen molar-refractivity contribution in [3.05, 3.63) is 0 Å². The van der Waals surface area contributed by atoms with Crippen LogP contribution in [0.15, 0.2) is 0 Å². The minimum Gasteiger partial charge on any atom is -0.851 e. The summed E-state index contributed by atoms with van der Waals surface area (Å²) in [5.41, 5.74) is 0. The average Bonchev–Trinajstić information content (AvgIpc) is 1.65. The summed E-state index contributed by atoms with van der Waals surface area (Å²) in [4.78, 5) is 0. The average molecular weight is 102 g/mol. The van der Waals surface area contributed by atoms with Crippen LogP contribution in [-0.4, -0.2) is 19.2 Å². The summed E-state index contributed by atoms with van der Waals surface area (Å²) in [6, 6.07) is 0.0972. The molecular weight excluding hydrogens is 90.1 g/mol. The first-order valence-corrected chi connectivity index (χ1v) is 2.51. The summed E-state index contributed by atoms with van der Waals surface area (Å²) in [5.74, 6) is 0. The number of hydrogen-bond donors (Lipinski definition) is 1. The van der Waals surface area contributed by atoms with Gasteiger partial charge in [-0.1, -0.05) is 13.8 Å². The molecule has 0 amide bonds. The highest BCUT2D eigenvalue weighted by atomic mass is 16.3. The standard InChI is InChI=1S/C5H12NO/c1-4(6-3)5(2)7/h4-6H,1-3H3/q-1. The predicted molar refractivity (Wildman–Crippen MR) is 28.0 cm³/mol. The lowest BCUT2D eigenvalue weighted by Gasteiger charge is -2.23. The zero-order valence-electron chi connectivity index (χ0n) is 5.06. The fourth-order valence-corrected chi connectivity index (χ4v) is 0.235. The Hall–Kier alpha value is -0.0800. The van der Waals surface area contributed by atoms with Crippen LogP contribution in [-0.2, 0) is 0 Å². The van der Waals surface area contributed by atoms with Crippen molar-refractivity contribution in [1.29, 1.82) is 0 Å². The molecule has 7 heavy (non-hydrogen) atoms. The monoisotopic (exact) mass is 102 g/mol. The number of hydrogen-bond acceptors (Lipinski definition) is 2. The largest absolute Gasteiger partial charge is 0.851 e. The molecule has 0 rings (SSSR count). The van der Waals surface area contributed by atoms with E-state index in [0.717, 1.165) is 0 Å². The molecule has 0 aliphatic heterocycles. The second-order valence-corrected chi connectivity index (χ2v) is 1.78. The van der Waals surface area contributed by atoms with Gasteiger partial charge in [0.2, 0.25) is 0 Å². The van der Waals surface area contributed by atoms with E-state index >= 15 is 0 Å². The summed E-state index contributed by atoms with van der Waals surface area (Å²) in [5, 5.41) is 13.2. The van der Waals surface area contributed by atoms with Gasteiger partial charge in [-0.05, 0) is 13.1 Å². The molecule has 0 aromatic carbocycles. The molecule has 0 radical (unpaired) electrons. The van der Waals surface area contributed by atoms with Crippen LogP contribution in [0.2, 0.25) is 0 Å². The maximum absolute atomic E-state index is 10.4. The lowest BCUT2D eigenvalue weighted by atomic mass is 10.2. The fraction of sp³-hybridized carbons (Fsp3) is 1.00. The van der Waals surface area contributed by atoms with Crippen molar-refractivity contribution >= 4 is 0 Å². The zero-order valence-corrected chi connectivity index (χ0v) is 5.06. The first-order valence-electron chi connectivity index (χ1n) is 2.51. The fourth-order valence-electron chi connectivity index (χ4n) is 0.235. The maximum Gasteiger partial charge on any atom is -0.00917 e. The van der Waals surface area contributed by atoms with E-state index in [2.05, 4.69) is 5.32 Å². The van der Waals surface area contributed by atoms with Crippen molar-refractivity contribution in [2.75, 3.05) is 7.05 Å². The quantitative estimate of drug-likeness (QED) is 0.502. The Labute approximate surface area is 44.5 Å². The Kier molecular flexibility index (Phi) is 2.96. The van der Waals surface area contributed by atoms with Gasteiger partial charge in [0.1, 0.15) is 0 Å². The Morgan fingerprint density at radius 3 is 1.86 bits per heavy atom. The van der Waals surface area contributed by atoms with Gasteiger partial charge in [-0.25, -0.2) is 0 Å². The molecule has 2 atom stereocenters. The van der Waals surface area contributed by atoms with Crippen LogP contribution in [0.4, 0.5) is 0 Å². The third-order valence-electron chi connectivity index (χ3n) is 1.16. The maximum atomic E-state index is 10.4. The molecule has 0 aliphatic rings. The normalized spacial score (nSPS) is 18.9. The van der Waals surface area contributed by atoms with Gasteiger partial charge in [-0.2, -0.15) is 0 Å². The third kappa shape index (κ3) is 2.60. The van der Waals surface area contributed by atoms with Gasteiger partial charge in [0.25, 0.3) is 0 Å². The molecule has 0 spiro atoms. The van der Waals surface area contributed by atoms with Crippen LogP contribution in [0.1, 0.15) is 13.8 Å². The smallest absolute Gasteiger partial charge is 0.00917 e. The number of likely N-dealkylation sites (N-methyl/N-ethyl adjacent to an activating group) is 1. The molecule has 2 unspecified atom stereocenters. The van der Waals surface area contributed by atoms with Crippen LogP contribution in [0.25, 0.3) is 0 Å². The second-order valence-electron chi connectivity index (χ2n) is 1.78. The first kappa shape index (κ1) is 6.92. The molecule has 0 aliphatic carbocycles. The van der Waals surface area contributed by atoms with E-state index in [1.54, 1.807) is 14.0 Å². The Morgan fingerprint density at radius 1 is 1.43 bits per heavy atom. The summed E-state index contributed by atoms with van der Waals surface area (Å²) in [7, 11) is 1.79. The number of rotatable bonds is 2. The van der Waals surface area contributed by atoms with Crippen LogP contribution >= 0.6 is 0 Å². The molecular formula is C5H12NO-. The highest BCUT2D eigenvalue weighted by Gasteiger charge is 1.93. The summed E-state index contributed by atoms with van der Waals surface area (Å²) >= 11 is 0. The van der Waals surface area contributed by atoms with Crippen LogP contribution in [0.5, 0.6) is 0 Å². The second kappa shape index (κ2) is 2.99. The molecule has 0 aromatic heterocycles. The summed E-state index contributed by atoms with van der Waals surface area (Å²) < 4.78 is 0. The molecule has 0 aromatic rings. The summed E-state index contributed by atoms with van der Waals surface area (Å²) in [6.07, 6.45) is -0.495. The van der Waals surface area contributed by atoms with E-state index in [-0.39, 0.29) is 6.04 Å². The highest BCUT2D eigenvalue weighted by Crippen LogP contribution is 1.81. The molecule has 0 saturated carbocycles. The van der Waals surface area contributed by atoms with Crippen LogP contribution in [0, 0.1) is 0 Å². The molecule has 1 N–H and O–H groups in total. The molecule has 0 saturated heterocycles. The molecule has 0 heterocycles. The first-order chi connectivity index (χ1) is 3.18. The minimum atomic E-state index is -0.495.